The summed E-state index contributed by atoms with van der Waals surface area (Å²) in [4.78, 5) is 25.7. The van der Waals surface area contributed by atoms with Gasteiger partial charge in [0.05, 0.1) is 29.8 Å². The van der Waals surface area contributed by atoms with E-state index in [9.17, 15) is 14.9 Å². The average Bonchev–Trinajstić information content (AvgIpc) is 2.87. The van der Waals surface area contributed by atoms with Gasteiger partial charge in [0.15, 0.2) is 17.8 Å². The lowest BCUT2D eigenvalue weighted by Crippen LogP contribution is -2.46. The number of ether oxygens (including phenoxy) is 2. The minimum absolute atomic E-state index is 0.0675. The van der Waals surface area contributed by atoms with Crippen LogP contribution in [0.15, 0.2) is 66.7 Å². The van der Waals surface area contributed by atoms with Crippen molar-refractivity contribution in [2.24, 2.45) is 5.73 Å². The van der Waals surface area contributed by atoms with Gasteiger partial charge in [-0.2, -0.15) is 0 Å². The van der Waals surface area contributed by atoms with Crippen LogP contribution in [0.25, 0.3) is 0 Å². The third-order valence-electron chi connectivity index (χ3n) is 5.84. The van der Waals surface area contributed by atoms with Crippen molar-refractivity contribution < 1.29 is 19.2 Å². The molecular weight excluding hydrogens is 498 g/mol. The van der Waals surface area contributed by atoms with Gasteiger partial charge in [-0.05, 0) is 41.8 Å². The number of hydrogen-bond donors (Lipinski definition) is 3. The van der Waals surface area contributed by atoms with Gasteiger partial charge in [0.25, 0.3) is 11.6 Å². The number of benzene rings is 3. The van der Waals surface area contributed by atoms with E-state index in [1.807, 2.05) is 36.4 Å². The van der Waals surface area contributed by atoms with Gasteiger partial charge in [-0.3, -0.25) is 20.3 Å². The van der Waals surface area contributed by atoms with Crippen molar-refractivity contribution in [1.29, 1.82) is 5.41 Å². The van der Waals surface area contributed by atoms with E-state index in [-0.39, 0.29) is 42.9 Å². The first kappa shape index (κ1) is 25.8. The first-order valence-electron chi connectivity index (χ1n) is 11.6. The summed E-state index contributed by atoms with van der Waals surface area (Å²) in [7, 11) is 0. The van der Waals surface area contributed by atoms with E-state index in [4.69, 9.17) is 32.2 Å². The van der Waals surface area contributed by atoms with Crippen LogP contribution in [0.3, 0.4) is 0 Å². The second kappa shape index (κ2) is 11.6. The van der Waals surface area contributed by atoms with Crippen LogP contribution in [0.5, 0.6) is 11.5 Å². The number of hydrogen-bond acceptors (Lipinski definition) is 6. The smallest absolute Gasteiger partial charge is 0.273 e. The number of nitrogens with zero attached hydrogens (tertiary/aromatic N) is 2. The molecule has 0 radical (unpaired) electrons. The maximum atomic E-state index is 13.4. The largest absolute Gasteiger partial charge is 0.493 e. The summed E-state index contributed by atoms with van der Waals surface area (Å²) >= 11 is 6.33. The molecule has 0 fully saturated rings. The fourth-order valence-corrected chi connectivity index (χ4v) is 4.15. The van der Waals surface area contributed by atoms with Gasteiger partial charge in [0, 0.05) is 24.1 Å². The molecule has 11 heteroatoms. The standard InChI is InChI=1S/C26H26ClN5O5/c27-21-4-2-1-3-18(21)16-31-22-10-7-19(32(34)35)15-24(22)37-23(25(31)33)12-14-36-20-8-5-17(6-9-20)11-13-30-26(28)29/h1-10,15,23H,11-14,16H2,(H4,28,29,30). The lowest BCUT2D eigenvalue weighted by Gasteiger charge is -2.34. The van der Waals surface area contributed by atoms with Crippen molar-refractivity contribution in [2.45, 2.75) is 25.5 Å². The second-order valence-electron chi connectivity index (χ2n) is 8.40. The van der Waals surface area contributed by atoms with Crippen LogP contribution in [0, 0.1) is 15.5 Å². The number of nitro benzene ring substituents is 1. The number of nitrogens with one attached hydrogen (secondary N) is 2. The molecule has 37 heavy (non-hydrogen) atoms. The number of anilines is 1. The van der Waals surface area contributed by atoms with E-state index in [1.165, 1.54) is 23.1 Å². The molecule has 192 valence electrons. The third-order valence-corrected chi connectivity index (χ3v) is 6.21. The number of fused-ring (bicyclic) bond motifs is 1. The first-order chi connectivity index (χ1) is 17.8. The van der Waals surface area contributed by atoms with Gasteiger partial charge < -0.3 is 25.4 Å². The molecule has 4 N–H and O–H groups in total. The Morgan fingerprint density at radius 2 is 1.95 bits per heavy atom. The van der Waals surface area contributed by atoms with Crippen LogP contribution in [0.4, 0.5) is 11.4 Å². The fraction of sp³-hybridized carbons (Fsp3) is 0.231. The van der Waals surface area contributed by atoms with Crippen molar-refractivity contribution >= 4 is 34.8 Å². The van der Waals surface area contributed by atoms with Crippen LogP contribution in [0.1, 0.15) is 17.5 Å². The maximum absolute atomic E-state index is 13.4. The van der Waals surface area contributed by atoms with Crippen molar-refractivity contribution in [3.05, 3.63) is 93.0 Å². The van der Waals surface area contributed by atoms with Crippen molar-refractivity contribution in [3.8, 4) is 11.5 Å². The van der Waals surface area contributed by atoms with E-state index < -0.39 is 11.0 Å². The minimum Gasteiger partial charge on any atom is -0.493 e. The molecule has 3 aromatic carbocycles. The van der Waals surface area contributed by atoms with Gasteiger partial charge in [-0.15, -0.1) is 0 Å². The summed E-state index contributed by atoms with van der Waals surface area (Å²) in [6, 6.07) is 18.9. The quantitative estimate of drug-likeness (QED) is 0.157. The van der Waals surface area contributed by atoms with Gasteiger partial charge in [0.1, 0.15) is 5.75 Å². The molecule has 1 unspecified atom stereocenters. The van der Waals surface area contributed by atoms with Gasteiger partial charge >= 0.3 is 0 Å². The highest BCUT2D eigenvalue weighted by Crippen LogP contribution is 2.39. The number of nitro groups is 1. The van der Waals surface area contributed by atoms with Crippen LogP contribution in [0.2, 0.25) is 5.02 Å². The molecule has 1 heterocycles. The number of rotatable bonds is 10. The third kappa shape index (κ3) is 6.47. The van der Waals surface area contributed by atoms with E-state index in [2.05, 4.69) is 5.32 Å². The molecule has 1 aliphatic heterocycles. The average molecular weight is 524 g/mol. The zero-order chi connectivity index (χ0) is 26.4. The Labute approximate surface area is 218 Å². The SMILES string of the molecule is N=C(N)NCCc1ccc(OCCC2Oc3cc([N+](=O)[O-])ccc3N(Cc3ccccc3Cl)C2=O)cc1. The van der Waals surface area contributed by atoms with Gasteiger partial charge in [-0.1, -0.05) is 41.9 Å². The number of halogens is 1. The summed E-state index contributed by atoms with van der Waals surface area (Å²) in [5.74, 6) is 0.546. The Balaban J connectivity index is 1.44. The van der Waals surface area contributed by atoms with Crippen LogP contribution in [-0.4, -0.2) is 36.0 Å². The van der Waals surface area contributed by atoms with Gasteiger partial charge in [-0.25, -0.2) is 0 Å². The predicted octanol–water partition coefficient (Wildman–Crippen LogP) is 4.04. The van der Waals surface area contributed by atoms with E-state index in [0.717, 1.165) is 11.1 Å². The molecule has 1 atom stereocenters. The molecule has 3 aromatic rings. The number of guanidine groups is 1. The Morgan fingerprint density at radius 1 is 1.19 bits per heavy atom. The summed E-state index contributed by atoms with van der Waals surface area (Å²) in [6.45, 7) is 0.955. The zero-order valence-electron chi connectivity index (χ0n) is 19.9. The highest BCUT2D eigenvalue weighted by molar-refractivity contribution is 6.31. The summed E-state index contributed by atoms with van der Waals surface area (Å²) in [5.41, 5.74) is 7.41. The Kier molecular flexibility index (Phi) is 8.09. The molecule has 10 nitrogen and oxygen atoms in total. The van der Waals surface area contributed by atoms with Gasteiger partial charge in [0.2, 0.25) is 0 Å². The highest BCUT2D eigenvalue weighted by atomic mass is 35.5. The summed E-state index contributed by atoms with van der Waals surface area (Å²) in [5, 5.41) is 21.8. The highest BCUT2D eigenvalue weighted by Gasteiger charge is 2.35. The lowest BCUT2D eigenvalue weighted by molar-refractivity contribution is -0.384. The summed E-state index contributed by atoms with van der Waals surface area (Å²) in [6.07, 6.45) is 0.0652. The first-order valence-corrected chi connectivity index (χ1v) is 12.0. The number of carbonyl (C=O) groups is 1. The molecule has 0 bridgehead atoms. The Morgan fingerprint density at radius 3 is 2.65 bits per heavy atom. The van der Waals surface area contributed by atoms with Crippen LogP contribution in [-0.2, 0) is 17.8 Å². The Bertz CT molecular complexity index is 1300. The predicted molar refractivity (Wildman–Crippen MR) is 140 cm³/mol. The van der Waals surface area contributed by atoms with Crippen molar-refractivity contribution in [3.63, 3.8) is 0 Å². The zero-order valence-corrected chi connectivity index (χ0v) is 20.6. The lowest BCUT2D eigenvalue weighted by atomic mass is 10.1. The van der Waals surface area contributed by atoms with E-state index in [0.29, 0.717) is 29.4 Å². The molecule has 0 saturated heterocycles. The van der Waals surface area contributed by atoms with Crippen LogP contribution >= 0.6 is 11.6 Å². The normalized spacial score (nSPS) is 14.5. The fourth-order valence-electron chi connectivity index (χ4n) is 3.95. The van der Waals surface area contributed by atoms with Crippen molar-refractivity contribution in [1.82, 2.24) is 5.32 Å². The van der Waals surface area contributed by atoms with Crippen LogP contribution < -0.4 is 25.4 Å². The van der Waals surface area contributed by atoms with E-state index >= 15 is 0 Å². The monoisotopic (exact) mass is 523 g/mol. The molecule has 0 spiro atoms. The minimum atomic E-state index is -0.881. The molecule has 0 saturated carbocycles. The Hall–Kier alpha value is -4.31. The maximum Gasteiger partial charge on any atom is 0.273 e. The number of non-ortho nitro benzene ring substituents is 1. The topological polar surface area (TPSA) is 144 Å². The number of nitrogens with two attached hydrogens (primary N) is 1. The molecule has 4 rings (SSSR count). The molecule has 1 aliphatic rings. The second-order valence-corrected chi connectivity index (χ2v) is 8.81. The van der Waals surface area contributed by atoms with E-state index in [1.54, 1.807) is 12.1 Å². The van der Waals surface area contributed by atoms with Crippen molar-refractivity contribution in [2.75, 3.05) is 18.1 Å². The number of amides is 1. The molecule has 1 amide bonds. The number of carbonyl (C=O) groups excluding carboxylic acids is 1. The summed E-state index contributed by atoms with van der Waals surface area (Å²) < 4.78 is 11.7. The molecular formula is C26H26ClN5O5. The molecule has 0 aliphatic carbocycles. The molecule has 0 aromatic heterocycles.